The zero-order valence-corrected chi connectivity index (χ0v) is 13.5. The number of nitrogens with zero attached hydrogens (tertiary/aromatic N) is 1. The van der Waals surface area contributed by atoms with E-state index in [2.05, 4.69) is 0 Å². The number of aryl methyl sites for hydroxylation is 1. The van der Waals surface area contributed by atoms with Crippen LogP contribution < -0.4 is 4.74 Å². The molecule has 0 atom stereocenters. The van der Waals surface area contributed by atoms with Crippen molar-refractivity contribution in [2.24, 2.45) is 0 Å². The molecule has 4 heteroatoms. The molecule has 0 spiro atoms. The molecule has 0 saturated carbocycles. The van der Waals surface area contributed by atoms with Crippen LogP contribution in [-0.4, -0.2) is 22.7 Å². The normalized spacial score (nSPS) is 11.0. The summed E-state index contributed by atoms with van der Waals surface area (Å²) in [6.45, 7) is 3.72. The largest absolute Gasteiger partial charge is 0.497 e. The van der Waals surface area contributed by atoms with Gasteiger partial charge in [0.25, 0.3) is 5.91 Å². The first-order chi connectivity index (χ1) is 11.1. The molecule has 4 nitrogen and oxygen atoms in total. The molecule has 2 aromatic carbocycles. The van der Waals surface area contributed by atoms with Gasteiger partial charge in [-0.15, -0.1) is 0 Å². The average molecular weight is 309 g/mol. The van der Waals surface area contributed by atoms with Crippen molar-refractivity contribution in [1.82, 2.24) is 4.57 Å². The summed E-state index contributed by atoms with van der Waals surface area (Å²) < 4.78 is 6.91. The van der Waals surface area contributed by atoms with Gasteiger partial charge in [-0.1, -0.05) is 17.7 Å². The lowest BCUT2D eigenvalue weighted by molar-refractivity contribution is 0.0962. The van der Waals surface area contributed by atoms with Gasteiger partial charge in [-0.2, -0.15) is 0 Å². The highest BCUT2D eigenvalue weighted by Crippen LogP contribution is 2.30. The van der Waals surface area contributed by atoms with E-state index in [1.807, 2.05) is 56.3 Å². The number of aliphatic hydroxyl groups excluding tert-OH is 1. The van der Waals surface area contributed by atoms with Crippen LogP contribution in [0.1, 0.15) is 27.2 Å². The zero-order valence-electron chi connectivity index (χ0n) is 13.5. The summed E-state index contributed by atoms with van der Waals surface area (Å²) in [6, 6.07) is 13.0. The maximum atomic E-state index is 12.9. The van der Waals surface area contributed by atoms with Crippen LogP contribution >= 0.6 is 0 Å². The first-order valence-electron chi connectivity index (χ1n) is 7.47. The first-order valence-corrected chi connectivity index (χ1v) is 7.47. The Morgan fingerprint density at radius 3 is 2.43 bits per heavy atom. The maximum Gasteiger partial charge on any atom is 0.262 e. The van der Waals surface area contributed by atoms with Crippen LogP contribution in [0, 0.1) is 13.8 Å². The van der Waals surface area contributed by atoms with Gasteiger partial charge in [0.05, 0.1) is 19.2 Å². The summed E-state index contributed by atoms with van der Waals surface area (Å²) in [5.41, 5.74) is 4.01. The Morgan fingerprint density at radius 2 is 1.83 bits per heavy atom. The molecular weight excluding hydrogens is 290 g/mol. The molecule has 3 aromatic rings. The Kier molecular flexibility index (Phi) is 3.92. The molecule has 118 valence electrons. The molecule has 0 aliphatic carbocycles. The minimum atomic E-state index is -0.121. The summed E-state index contributed by atoms with van der Waals surface area (Å²) in [5.74, 6) is 0.601. The van der Waals surface area contributed by atoms with E-state index >= 15 is 0 Å². The second-order valence-corrected chi connectivity index (χ2v) is 5.61. The topological polar surface area (TPSA) is 51.5 Å². The molecule has 23 heavy (non-hydrogen) atoms. The third kappa shape index (κ3) is 2.51. The predicted molar refractivity (Wildman–Crippen MR) is 90.1 cm³/mol. The van der Waals surface area contributed by atoms with E-state index < -0.39 is 0 Å². The molecule has 3 rings (SSSR count). The molecule has 0 amide bonds. The highest BCUT2D eigenvalue weighted by atomic mass is 16.5. The van der Waals surface area contributed by atoms with Crippen LogP contribution in [0.4, 0.5) is 0 Å². The Bertz CT molecular complexity index is 876. The second-order valence-electron chi connectivity index (χ2n) is 5.61. The van der Waals surface area contributed by atoms with Gasteiger partial charge in [-0.05, 0) is 44.2 Å². The van der Waals surface area contributed by atoms with E-state index in [-0.39, 0.29) is 12.5 Å². The van der Waals surface area contributed by atoms with Gasteiger partial charge in [0, 0.05) is 22.2 Å². The van der Waals surface area contributed by atoms with E-state index in [9.17, 15) is 9.90 Å². The summed E-state index contributed by atoms with van der Waals surface area (Å²) in [5, 5.41) is 10.6. The van der Waals surface area contributed by atoms with Crippen molar-refractivity contribution in [2.45, 2.75) is 20.5 Å². The summed E-state index contributed by atoms with van der Waals surface area (Å²) in [7, 11) is 1.60. The number of methoxy groups -OCH3 is 1. The monoisotopic (exact) mass is 309 g/mol. The number of aliphatic hydroxyl groups is 1. The van der Waals surface area contributed by atoms with Crippen LogP contribution in [0.5, 0.6) is 5.75 Å². The number of carbonyl (C=O) groups excluding carboxylic acids is 1. The van der Waals surface area contributed by atoms with Gasteiger partial charge < -0.3 is 9.84 Å². The van der Waals surface area contributed by atoms with Crippen molar-refractivity contribution >= 4 is 16.8 Å². The van der Waals surface area contributed by atoms with Crippen molar-refractivity contribution in [3.8, 4) is 5.75 Å². The van der Waals surface area contributed by atoms with E-state index in [1.165, 1.54) is 0 Å². The number of fused-ring (bicyclic) bond motifs is 1. The van der Waals surface area contributed by atoms with Crippen molar-refractivity contribution in [1.29, 1.82) is 0 Å². The van der Waals surface area contributed by atoms with Crippen molar-refractivity contribution < 1.29 is 14.6 Å². The lowest BCUT2D eigenvalue weighted by Crippen LogP contribution is -2.13. The van der Waals surface area contributed by atoms with Gasteiger partial charge in [-0.25, -0.2) is 0 Å². The standard InChI is InChI=1S/C19H19NO3/c1-12-4-6-14(7-5-12)19(22)20-13(2)17(11-21)16-10-15(23-3)8-9-18(16)20/h4-10,21H,11H2,1-3H3. The minimum absolute atomic E-state index is 0.0997. The van der Waals surface area contributed by atoms with Crippen molar-refractivity contribution in [3.05, 3.63) is 64.8 Å². The van der Waals surface area contributed by atoms with E-state index in [0.29, 0.717) is 11.3 Å². The van der Waals surface area contributed by atoms with Crippen molar-refractivity contribution in [3.63, 3.8) is 0 Å². The molecular formula is C19H19NO3. The number of hydrogen-bond donors (Lipinski definition) is 1. The van der Waals surface area contributed by atoms with Crippen LogP contribution in [0.15, 0.2) is 42.5 Å². The third-order valence-electron chi connectivity index (χ3n) is 4.20. The zero-order chi connectivity index (χ0) is 16.6. The third-order valence-corrected chi connectivity index (χ3v) is 4.20. The number of hydrogen-bond acceptors (Lipinski definition) is 3. The molecule has 0 saturated heterocycles. The fourth-order valence-electron chi connectivity index (χ4n) is 2.88. The second kappa shape index (κ2) is 5.89. The Hall–Kier alpha value is -2.59. The fraction of sp³-hybridized carbons (Fsp3) is 0.211. The Morgan fingerprint density at radius 1 is 1.13 bits per heavy atom. The Labute approximate surface area is 134 Å². The van der Waals surface area contributed by atoms with Gasteiger partial charge in [-0.3, -0.25) is 9.36 Å². The molecule has 1 heterocycles. The molecule has 0 fully saturated rings. The highest BCUT2D eigenvalue weighted by Gasteiger charge is 2.19. The van der Waals surface area contributed by atoms with Gasteiger partial charge in [0.1, 0.15) is 5.75 Å². The van der Waals surface area contributed by atoms with Crippen LogP contribution in [0.3, 0.4) is 0 Å². The van der Waals surface area contributed by atoms with E-state index in [1.54, 1.807) is 11.7 Å². The summed E-state index contributed by atoms with van der Waals surface area (Å²) >= 11 is 0. The SMILES string of the molecule is COc1ccc2c(c1)c(CO)c(C)n2C(=O)c1ccc(C)cc1. The number of rotatable bonds is 3. The van der Waals surface area contributed by atoms with Crippen LogP contribution in [0.2, 0.25) is 0 Å². The maximum absolute atomic E-state index is 12.9. The van der Waals surface area contributed by atoms with Crippen LogP contribution in [-0.2, 0) is 6.61 Å². The number of benzene rings is 2. The molecule has 0 aliphatic heterocycles. The summed E-state index contributed by atoms with van der Waals surface area (Å²) in [4.78, 5) is 12.9. The molecule has 0 aliphatic rings. The van der Waals surface area contributed by atoms with Gasteiger partial charge in [0.2, 0.25) is 0 Å². The van der Waals surface area contributed by atoms with Gasteiger partial charge >= 0.3 is 0 Å². The lowest BCUT2D eigenvalue weighted by atomic mass is 10.1. The average Bonchev–Trinajstić information content (AvgIpc) is 2.85. The Balaban J connectivity index is 2.22. The molecule has 1 N–H and O–H groups in total. The predicted octanol–water partition coefficient (Wildman–Crippen LogP) is 3.45. The highest BCUT2D eigenvalue weighted by molar-refractivity contribution is 6.04. The summed E-state index contributed by atoms with van der Waals surface area (Å²) in [6.07, 6.45) is 0. The minimum Gasteiger partial charge on any atom is -0.497 e. The first kappa shape index (κ1) is 15.3. The number of aromatic nitrogens is 1. The molecule has 1 aromatic heterocycles. The lowest BCUT2D eigenvalue weighted by Gasteiger charge is -2.08. The fourth-order valence-corrected chi connectivity index (χ4v) is 2.88. The molecule has 0 unspecified atom stereocenters. The van der Waals surface area contributed by atoms with Crippen LogP contribution in [0.25, 0.3) is 10.9 Å². The van der Waals surface area contributed by atoms with E-state index in [4.69, 9.17) is 4.74 Å². The molecule has 0 bridgehead atoms. The molecule has 0 radical (unpaired) electrons. The smallest absolute Gasteiger partial charge is 0.262 e. The number of ether oxygens (including phenoxy) is 1. The van der Waals surface area contributed by atoms with Crippen molar-refractivity contribution in [2.75, 3.05) is 7.11 Å². The quantitative estimate of drug-likeness (QED) is 0.806. The van der Waals surface area contributed by atoms with Gasteiger partial charge in [0.15, 0.2) is 0 Å². The number of carbonyl (C=O) groups is 1. The van der Waals surface area contributed by atoms with E-state index in [0.717, 1.165) is 27.7 Å².